The number of benzene rings is 9. The summed E-state index contributed by atoms with van der Waals surface area (Å²) >= 11 is 2.51. The fourth-order valence-corrected chi connectivity index (χ4v) is 11.6. The average molecular weight is 1110 g/mol. The van der Waals surface area contributed by atoms with Crippen molar-refractivity contribution in [3.05, 3.63) is 246 Å². The summed E-state index contributed by atoms with van der Waals surface area (Å²) in [5.41, 5.74) is 16.6. The Bertz CT molecular complexity index is 4100. The van der Waals surface area contributed by atoms with E-state index < -0.39 is 0 Å². The Morgan fingerprint density at radius 3 is 1.90 bits per heavy atom. The molecule has 3 aromatic heterocycles. The molecule has 0 aliphatic carbocycles. The van der Waals surface area contributed by atoms with Crippen LogP contribution >= 0.6 is 0 Å². The van der Waals surface area contributed by atoms with Gasteiger partial charge < -0.3 is 0 Å². The molecule has 0 unspecified atom stereocenters. The number of imidazole rings is 1. The van der Waals surface area contributed by atoms with Crippen LogP contribution in [0.15, 0.2) is 224 Å². The molecule has 4 heterocycles. The number of rotatable bonds is 9. The molecule has 1 aliphatic heterocycles. The van der Waals surface area contributed by atoms with Gasteiger partial charge in [-0.2, -0.15) is 12.1 Å². The van der Waals surface area contributed by atoms with Crippen LogP contribution in [0.1, 0.15) is 26.3 Å². The van der Waals surface area contributed by atoms with Crippen LogP contribution in [0.4, 0.5) is 11.5 Å². The Morgan fingerprint density at radius 1 is 0.542 bits per heavy atom. The van der Waals surface area contributed by atoms with Crippen LogP contribution in [0.5, 0.6) is 11.6 Å². The number of para-hydroxylation sites is 3. The molecule has 12 aromatic rings. The van der Waals surface area contributed by atoms with Crippen molar-refractivity contribution < 1.29 is 24.1 Å². The van der Waals surface area contributed by atoms with Gasteiger partial charge >= 0.3 is 350 Å². The Kier molecular flexibility index (Phi) is 10.7. The molecule has 0 spiro atoms. The van der Waals surface area contributed by atoms with E-state index in [1.165, 1.54) is 33.0 Å². The van der Waals surface area contributed by atoms with Gasteiger partial charge in [0, 0.05) is 5.52 Å². The van der Waals surface area contributed by atoms with Gasteiger partial charge in [-0.1, -0.05) is 48.5 Å². The standard InChI is InChI=1S/C64H46BN5O.Pt/c1-64(2,3)48-40-54(45-23-9-5-10-24-45)62(55(41-48)47-26-17-25-46(39-47)44-21-7-4-8-22-44)68-43-67(57-34-15-16-35-58(57)68)50-29-18-30-51(42-50)71-61-38-20-37-60(66-61)69-59-36-19-32-53-52-31-13-14-33-56(52)70(63(53)59)65(69)49-27-11-6-12-28-49;/h4-35,37-41H,1-3H3;/q-2;. The van der Waals surface area contributed by atoms with Gasteiger partial charge in [-0.25, -0.2) is 0 Å². The summed E-state index contributed by atoms with van der Waals surface area (Å²) in [6.45, 7) is 6.71. The summed E-state index contributed by atoms with van der Waals surface area (Å²) in [6, 6.07) is 86.7. The number of hydrogen-bond acceptors (Lipinski definition) is 3. The molecule has 0 saturated carbocycles. The summed E-state index contributed by atoms with van der Waals surface area (Å²) in [5, 5.41) is 2.42. The zero-order valence-corrected chi connectivity index (χ0v) is 42.2. The van der Waals surface area contributed by atoms with Crippen LogP contribution in [0.25, 0.3) is 77.6 Å². The minimum absolute atomic E-state index is 0.116. The molecule has 0 N–H and O–H groups in total. The van der Waals surface area contributed by atoms with Crippen molar-refractivity contribution >= 4 is 56.8 Å². The summed E-state index contributed by atoms with van der Waals surface area (Å²) in [7, 11) is 0. The molecule has 0 saturated heterocycles. The second kappa shape index (κ2) is 17.6. The van der Waals surface area contributed by atoms with Gasteiger partial charge in [0.05, 0.1) is 0 Å². The van der Waals surface area contributed by atoms with E-state index in [0.29, 0.717) is 11.6 Å². The number of nitrogens with zero attached hydrogens (tertiary/aromatic N) is 5. The van der Waals surface area contributed by atoms with E-state index in [0.717, 1.165) is 71.0 Å². The second-order valence-corrected chi connectivity index (χ2v) is 20.4. The van der Waals surface area contributed by atoms with Crippen LogP contribution in [0, 0.1) is 15.9 Å². The van der Waals surface area contributed by atoms with Crippen molar-refractivity contribution in [2.75, 3.05) is 4.81 Å². The SMILES string of the molecule is CC(C)(C)c1cc(-c2ccccc2)c(-n2[c](=[Pt])n(-c3[c-]c(Oc4cccc(N5B(c6ccccc6)n6c7ccccc7c7cc[c-]c5c76)n4)ccc3)c3ccccc32)c(-c2cccc(-c3ccccc3)c2)c1. The molecule has 0 fully saturated rings. The Morgan fingerprint density at radius 2 is 1.15 bits per heavy atom. The third kappa shape index (κ3) is 7.38. The molecule has 0 radical (unpaired) electrons. The maximum atomic E-state index is 6.74. The quantitative estimate of drug-likeness (QED) is 0.107. The van der Waals surface area contributed by atoms with Crippen molar-refractivity contribution in [1.82, 2.24) is 18.6 Å². The predicted octanol–water partition coefficient (Wildman–Crippen LogP) is 15.1. The summed E-state index contributed by atoms with van der Waals surface area (Å²) in [6.07, 6.45) is 0. The predicted molar refractivity (Wildman–Crippen MR) is 292 cm³/mol. The van der Waals surface area contributed by atoms with Gasteiger partial charge in [-0.3, -0.25) is 0 Å². The molecule has 8 heteroatoms. The molecule has 0 atom stereocenters. The zero-order chi connectivity index (χ0) is 48.5. The third-order valence-electron chi connectivity index (χ3n) is 13.9. The molecule has 348 valence electrons. The summed E-state index contributed by atoms with van der Waals surface area (Å²) in [4.78, 5) is 7.52. The molecular formula is C64H46BN5OPt-2. The van der Waals surface area contributed by atoms with Gasteiger partial charge in [0.1, 0.15) is 0 Å². The van der Waals surface area contributed by atoms with Crippen molar-refractivity contribution in [2.45, 2.75) is 26.2 Å². The van der Waals surface area contributed by atoms with Crippen molar-refractivity contribution in [1.29, 1.82) is 0 Å². The average Bonchev–Trinajstić information content (AvgIpc) is 4.06. The van der Waals surface area contributed by atoms with Gasteiger partial charge in [-0.05, 0) is 11.5 Å². The molecule has 0 amide bonds. The Labute approximate surface area is 430 Å². The number of anilines is 2. The molecule has 0 bridgehead atoms. The fraction of sp³-hybridized carbons (Fsp3) is 0.0625. The second-order valence-electron chi connectivity index (χ2n) is 19.4. The van der Waals surface area contributed by atoms with E-state index in [4.69, 9.17) is 9.72 Å². The number of ether oxygens (including phenoxy) is 1. The van der Waals surface area contributed by atoms with Crippen LogP contribution in [-0.2, 0) is 24.8 Å². The monoisotopic (exact) mass is 1110 g/mol. The maximum absolute atomic E-state index is 6.74. The van der Waals surface area contributed by atoms with E-state index in [9.17, 15) is 0 Å². The van der Waals surface area contributed by atoms with Gasteiger partial charge in [0.15, 0.2) is 0 Å². The van der Waals surface area contributed by atoms with Crippen molar-refractivity contribution in [2.24, 2.45) is 0 Å². The minimum atomic E-state index is -0.184. The zero-order valence-electron chi connectivity index (χ0n) is 39.9. The molecule has 13 rings (SSSR count). The normalized spacial score (nSPS) is 12.4. The van der Waals surface area contributed by atoms with E-state index >= 15 is 0 Å². The third-order valence-corrected chi connectivity index (χ3v) is 14.9. The van der Waals surface area contributed by atoms with E-state index in [-0.39, 0.29) is 12.4 Å². The summed E-state index contributed by atoms with van der Waals surface area (Å²) in [5.74, 6) is 1.79. The van der Waals surface area contributed by atoms with Gasteiger partial charge in [-0.15, -0.1) is 5.39 Å². The molecule has 9 aromatic carbocycles. The first kappa shape index (κ1) is 43.7. The summed E-state index contributed by atoms with van der Waals surface area (Å²) < 4.78 is 14.9. The van der Waals surface area contributed by atoms with Crippen LogP contribution in [0.3, 0.4) is 0 Å². The topological polar surface area (TPSA) is 40.1 Å². The molecule has 72 heavy (non-hydrogen) atoms. The van der Waals surface area contributed by atoms with Crippen LogP contribution < -0.4 is 15.0 Å². The number of hydrogen-bond donors (Lipinski definition) is 0. The van der Waals surface area contributed by atoms with Gasteiger partial charge in [0.25, 0.3) is 0 Å². The number of aromatic nitrogens is 4. The van der Waals surface area contributed by atoms with E-state index in [1.807, 2.05) is 30.3 Å². The molecule has 1 aliphatic rings. The Hall–Kier alpha value is -8.25. The van der Waals surface area contributed by atoms with Crippen molar-refractivity contribution in [3.8, 4) is 56.4 Å². The Balaban J connectivity index is 0.940. The van der Waals surface area contributed by atoms with Crippen LogP contribution in [-0.4, -0.2) is 25.6 Å². The fourth-order valence-electron chi connectivity index (χ4n) is 10.6. The van der Waals surface area contributed by atoms with E-state index in [1.54, 1.807) is 0 Å². The van der Waals surface area contributed by atoms with Gasteiger partial charge in [0.2, 0.25) is 0 Å². The van der Waals surface area contributed by atoms with E-state index in [2.05, 4.69) is 265 Å². The van der Waals surface area contributed by atoms with Crippen LogP contribution in [0.2, 0.25) is 0 Å². The molecule has 6 nitrogen and oxygen atoms in total. The van der Waals surface area contributed by atoms with Crippen molar-refractivity contribution in [3.63, 3.8) is 0 Å². The molecular weight excluding hydrogens is 1060 g/mol. The number of pyridine rings is 1. The first-order valence-electron chi connectivity index (χ1n) is 24.3. The number of fused-ring (bicyclic) bond motifs is 4. The first-order chi connectivity index (χ1) is 35.3. The first-order valence-corrected chi connectivity index (χ1v) is 25.5.